The third kappa shape index (κ3) is 11.3. The molecule has 2 aromatic rings. The highest BCUT2D eigenvalue weighted by molar-refractivity contribution is 7.89. The number of aliphatic hydroxyl groups excluding tert-OH is 1. The Morgan fingerprint density at radius 2 is 1.60 bits per heavy atom. The van der Waals surface area contributed by atoms with E-state index in [2.05, 4.69) is 14.8 Å². The number of rotatable bonds is 16. The van der Waals surface area contributed by atoms with Crippen molar-refractivity contribution < 1.29 is 31.5 Å². The summed E-state index contributed by atoms with van der Waals surface area (Å²) >= 11 is 0. The summed E-state index contributed by atoms with van der Waals surface area (Å²) in [7, 11) is -7.28. The van der Waals surface area contributed by atoms with Crippen LogP contribution in [0, 0.1) is 0 Å². The summed E-state index contributed by atoms with van der Waals surface area (Å²) in [5.41, 5.74) is 0.877. The van der Waals surface area contributed by atoms with Crippen molar-refractivity contribution >= 4 is 26.0 Å². The summed E-state index contributed by atoms with van der Waals surface area (Å²) in [6.07, 6.45) is 2.34. The van der Waals surface area contributed by atoms with E-state index in [1.165, 1.54) is 12.1 Å². The van der Waals surface area contributed by atoms with Crippen molar-refractivity contribution in [3.8, 4) is 0 Å². The topological polar surface area (TPSA) is 151 Å². The molecule has 2 rings (SSSR count). The molecule has 0 aliphatic rings. The molecule has 4 N–H and O–H groups in total. The molecule has 10 nitrogen and oxygen atoms in total. The minimum Gasteiger partial charge on any atom is -0.394 e. The van der Waals surface area contributed by atoms with Crippen molar-refractivity contribution in [2.75, 3.05) is 26.0 Å². The van der Waals surface area contributed by atoms with Crippen LogP contribution in [0.15, 0.2) is 65.6 Å². The first-order valence-corrected chi connectivity index (χ1v) is 14.5. The Balaban J connectivity index is 1.80. The van der Waals surface area contributed by atoms with E-state index >= 15 is 0 Å². The molecule has 0 unspecified atom stereocenters. The molecular formula is C23H33N3O7S2. The van der Waals surface area contributed by atoms with Crippen molar-refractivity contribution in [1.82, 2.24) is 14.8 Å². The molecule has 0 saturated carbocycles. The number of nitrogens with one attached hydrogen (secondary N) is 3. The van der Waals surface area contributed by atoms with Crippen LogP contribution in [0.25, 0.3) is 0 Å². The number of ether oxygens (including phenoxy) is 1. The Hall–Kier alpha value is -2.35. The molecule has 2 atom stereocenters. The van der Waals surface area contributed by atoms with E-state index in [4.69, 9.17) is 4.74 Å². The highest BCUT2D eigenvalue weighted by atomic mass is 32.2. The maximum atomic E-state index is 12.7. The lowest BCUT2D eigenvalue weighted by Gasteiger charge is -2.22. The lowest BCUT2D eigenvalue weighted by Crippen LogP contribution is -2.52. The highest BCUT2D eigenvalue weighted by Crippen LogP contribution is 2.08. The average molecular weight is 528 g/mol. The van der Waals surface area contributed by atoms with Crippen LogP contribution < -0.4 is 14.8 Å². The SMILES string of the molecule is CS(=O)(=O)N[C@H](COCc1ccccc1)C(=O)N[C@H](CO)CCCCNS(=O)(=O)c1ccccc1. The van der Waals surface area contributed by atoms with Gasteiger partial charge in [0.25, 0.3) is 0 Å². The quantitative estimate of drug-likeness (QED) is 0.235. The third-order valence-corrected chi connectivity index (χ3v) is 7.15. The van der Waals surface area contributed by atoms with Gasteiger partial charge in [-0.3, -0.25) is 4.79 Å². The summed E-state index contributed by atoms with van der Waals surface area (Å²) in [4.78, 5) is 12.9. The van der Waals surface area contributed by atoms with Crippen molar-refractivity contribution in [3.63, 3.8) is 0 Å². The van der Waals surface area contributed by atoms with Gasteiger partial charge in [-0.05, 0) is 30.5 Å². The van der Waals surface area contributed by atoms with Gasteiger partial charge in [0.15, 0.2) is 0 Å². The van der Waals surface area contributed by atoms with Crippen molar-refractivity contribution in [2.24, 2.45) is 0 Å². The first-order chi connectivity index (χ1) is 16.6. The Kier molecular flexibility index (Phi) is 11.8. The summed E-state index contributed by atoms with van der Waals surface area (Å²) in [5, 5.41) is 12.3. The van der Waals surface area contributed by atoms with Crippen LogP contribution in [0.1, 0.15) is 24.8 Å². The third-order valence-electron chi connectivity index (χ3n) is 4.96. The Bertz CT molecular complexity index is 1110. The van der Waals surface area contributed by atoms with E-state index in [1.807, 2.05) is 30.3 Å². The van der Waals surface area contributed by atoms with E-state index < -0.39 is 38.0 Å². The van der Waals surface area contributed by atoms with Crippen LogP contribution in [0.3, 0.4) is 0 Å². The summed E-state index contributed by atoms with van der Waals surface area (Å²) in [6, 6.07) is 15.5. The average Bonchev–Trinajstić information content (AvgIpc) is 2.82. The molecule has 0 aromatic heterocycles. The molecule has 194 valence electrons. The van der Waals surface area contributed by atoms with E-state index in [9.17, 15) is 26.7 Å². The molecule has 2 aromatic carbocycles. The first kappa shape index (κ1) is 28.9. The number of carbonyl (C=O) groups excluding carboxylic acids is 1. The molecule has 0 spiro atoms. The van der Waals surface area contributed by atoms with Crippen LogP contribution in [0.2, 0.25) is 0 Å². The molecule has 1 amide bonds. The van der Waals surface area contributed by atoms with Gasteiger partial charge in [0.05, 0.1) is 37.0 Å². The van der Waals surface area contributed by atoms with Crippen LogP contribution >= 0.6 is 0 Å². The highest BCUT2D eigenvalue weighted by Gasteiger charge is 2.24. The van der Waals surface area contributed by atoms with Crippen LogP contribution in [-0.2, 0) is 36.2 Å². The number of benzene rings is 2. The summed E-state index contributed by atoms with van der Waals surface area (Å²) in [5.74, 6) is -0.618. The largest absolute Gasteiger partial charge is 0.394 e. The molecule has 35 heavy (non-hydrogen) atoms. The predicted molar refractivity (Wildman–Crippen MR) is 132 cm³/mol. The van der Waals surface area contributed by atoms with Crippen LogP contribution in [0.4, 0.5) is 0 Å². The minimum absolute atomic E-state index is 0.180. The second kappa shape index (κ2) is 14.3. The fraction of sp³-hybridized carbons (Fsp3) is 0.435. The summed E-state index contributed by atoms with van der Waals surface area (Å²) in [6.45, 7) is -0.127. The zero-order valence-corrected chi connectivity index (χ0v) is 21.2. The van der Waals surface area contributed by atoms with Gasteiger partial charge in [-0.15, -0.1) is 0 Å². The number of unbranched alkanes of at least 4 members (excludes halogenated alkanes) is 1. The number of amides is 1. The Morgan fingerprint density at radius 1 is 0.971 bits per heavy atom. The van der Waals surface area contributed by atoms with E-state index in [-0.39, 0.29) is 31.3 Å². The fourth-order valence-corrected chi connectivity index (χ4v) is 4.99. The van der Waals surface area contributed by atoms with Gasteiger partial charge in [0.2, 0.25) is 26.0 Å². The monoisotopic (exact) mass is 527 g/mol. The van der Waals surface area contributed by atoms with Crippen molar-refractivity contribution in [3.05, 3.63) is 66.2 Å². The maximum Gasteiger partial charge on any atom is 0.240 e. The molecule has 0 saturated heterocycles. The number of hydrogen-bond donors (Lipinski definition) is 4. The Labute approximate surface area is 207 Å². The van der Waals surface area contributed by atoms with Gasteiger partial charge in [0.1, 0.15) is 6.04 Å². The lowest BCUT2D eigenvalue weighted by atomic mass is 10.1. The smallest absolute Gasteiger partial charge is 0.240 e. The van der Waals surface area contributed by atoms with Gasteiger partial charge < -0.3 is 15.2 Å². The predicted octanol–water partition coefficient (Wildman–Crippen LogP) is 0.747. The zero-order valence-electron chi connectivity index (χ0n) is 19.6. The van der Waals surface area contributed by atoms with Crippen molar-refractivity contribution in [1.29, 1.82) is 0 Å². The molecule has 0 aliphatic carbocycles. The van der Waals surface area contributed by atoms with Crippen molar-refractivity contribution in [2.45, 2.75) is 42.8 Å². The van der Waals surface area contributed by atoms with Crippen LogP contribution in [-0.4, -0.2) is 65.9 Å². The van der Waals surface area contributed by atoms with Gasteiger partial charge in [-0.1, -0.05) is 55.0 Å². The van der Waals surface area contributed by atoms with Gasteiger partial charge >= 0.3 is 0 Å². The van der Waals surface area contributed by atoms with E-state index in [0.29, 0.717) is 19.3 Å². The van der Waals surface area contributed by atoms with Gasteiger partial charge in [-0.2, -0.15) is 0 Å². The second-order valence-corrected chi connectivity index (χ2v) is 11.6. The molecule has 0 bridgehead atoms. The standard InChI is InChI=1S/C23H33N3O7S2/c1-34(29,30)26-22(18-33-17-19-10-4-2-5-11-19)23(28)25-20(16-27)12-8-9-15-24-35(31,32)21-13-6-3-7-14-21/h2-7,10-11,13-14,20,22,24,26-27H,8-9,12,15-18H2,1H3,(H,25,28)/t20-,22+/m0/s1. The van der Waals surface area contributed by atoms with Gasteiger partial charge in [0, 0.05) is 6.54 Å². The van der Waals surface area contributed by atoms with E-state index in [1.54, 1.807) is 18.2 Å². The number of sulfonamides is 2. The number of hydrogen-bond acceptors (Lipinski definition) is 7. The maximum absolute atomic E-state index is 12.7. The molecule has 12 heteroatoms. The zero-order chi connectivity index (χ0) is 25.7. The minimum atomic E-state index is -3.69. The molecule has 0 aliphatic heterocycles. The van der Waals surface area contributed by atoms with Gasteiger partial charge in [-0.25, -0.2) is 26.3 Å². The fourth-order valence-electron chi connectivity index (χ4n) is 3.21. The first-order valence-electron chi connectivity index (χ1n) is 11.2. The normalized spacial score (nSPS) is 13.8. The number of carbonyl (C=O) groups is 1. The molecular weight excluding hydrogens is 494 g/mol. The lowest BCUT2D eigenvalue weighted by molar-refractivity contribution is -0.125. The summed E-state index contributed by atoms with van der Waals surface area (Å²) < 4.78 is 58.2. The molecule has 0 radical (unpaired) electrons. The van der Waals surface area contributed by atoms with Crippen LogP contribution in [0.5, 0.6) is 0 Å². The molecule has 0 fully saturated rings. The number of aliphatic hydroxyl groups is 1. The van der Waals surface area contributed by atoms with E-state index in [0.717, 1.165) is 11.8 Å². The molecule has 0 heterocycles. The second-order valence-electron chi connectivity index (χ2n) is 8.04. The Morgan fingerprint density at radius 3 is 2.20 bits per heavy atom.